The number of hydrogen-bond donors (Lipinski definition) is 1. The molecule has 2 aromatic rings. The van der Waals surface area contributed by atoms with E-state index in [1.54, 1.807) is 41.5 Å². The fourth-order valence-corrected chi connectivity index (χ4v) is 1.94. The highest BCUT2D eigenvalue weighted by Crippen LogP contribution is 2.03. The van der Waals surface area contributed by atoms with Gasteiger partial charge in [-0.15, -0.1) is 11.3 Å². The SMILES string of the molecule is Cn1ccnc1C(=O)NCCc1nccs1. The molecule has 2 aromatic heterocycles. The largest absolute Gasteiger partial charge is 0.349 e. The molecule has 0 radical (unpaired) electrons. The molecule has 0 spiro atoms. The monoisotopic (exact) mass is 236 g/mol. The lowest BCUT2D eigenvalue weighted by Crippen LogP contribution is -2.28. The third-order valence-electron chi connectivity index (χ3n) is 2.13. The van der Waals surface area contributed by atoms with Crippen LogP contribution in [0.1, 0.15) is 15.6 Å². The van der Waals surface area contributed by atoms with Gasteiger partial charge in [0.15, 0.2) is 5.82 Å². The molecule has 1 amide bonds. The van der Waals surface area contributed by atoms with Crippen LogP contribution in [0.2, 0.25) is 0 Å². The van der Waals surface area contributed by atoms with Gasteiger partial charge >= 0.3 is 0 Å². The van der Waals surface area contributed by atoms with Gasteiger partial charge in [-0.2, -0.15) is 0 Å². The van der Waals surface area contributed by atoms with Gasteiger partial charge in [0.2, 0.25) is 0 Å². The maximum Gasteiger partial charge on any atom is 0.287 e. The first-order valence-electron chi connectivity index (χ1n) is 4.91. The minimum absolute atomic E-state index is 0.149. The van der Waals surface area contributed by atoms with Gasteiger partial charge in [0.05, 0.1) is 5.01 Å². The molecule has 1 N–H and O–H groups in total. The summed E-state index contributed by atoms with van der Waals surface area (Å²) in [6.45, 7) is 0.583. The molecule has 0 aromatic carbocycles. The normalized spacial score (nSPS) is 10.3. The number of aromatic nitrogens is 3. The standard InChI is InChI=1S/C10H12N4OS/c1-14-6-4-12-9(14)10(15)13-3-2-8-11-5-7-16-8/h4-7H,2-3H2,1H3,(H,13,15). The predicted molar refractivity (Wildman–Crippen MR) is 61.4 cm³/mol. The Morgan fingerprint density at radius 2 is 2.38 bits per heavy atom. The summed E-state index contributed by atoms with van der Waals surface area (Å²) in [5, 5.41) is 5.76. The van der Waals surface area contributed by atoms with Gasteiger partial charge < -0.3 is 9.88 Å². The van der Waals surface area contributed by atoms with E-state index in [1.807, 2.05) is 5.38 Å². The predicted octanol–water partition coefficient (Wildman–Crippen LogP) is 0.849. The van der Waals surface area contributed by atoms with Crippen LogP contribution in [-0.4, -0.2) is 27.0 Å². The highest BCUT2D eigenvalue weighted by atomic mass is 32.1. The minimum atomic E-state index is -0.149. The zero-order valence-corrected chi connectivity index (χ0v) is 9.70. The summed E-state index contributed by atoms with van der Waals surface area (Å²) >= 11 is 1.59. The van der Waals surface area contributed by atoms with Crippen molar-refractivity contribution in [2.24, 2.45) is 7.05 Å². The van der Waals surface area contributed by atoms with Crippen molar-refractivity contribution < 1.29 is 4.79 Å². The average molecular weight is 236 g/mol. The maximum absolute atomic E-state index is 11.6. The molecular formula is C10H12N4OS. The summed E-state index contributed by atoms with van der Waals surface area (Å²) in [5.74, 6) is 0.281. The average Bonchev–Trinajstić information content (AvgIpc) is 2.88. The van der Waals surface area contributed by atoms with Crippen LogP contribution in [-0.2, 0) is 13.5 Å². The van der Waals surface area contributed by atoms with Crippen molar-refractivity contribution in [3.8, 4) is 0 Å². The quantitative estimate of drug-likeness (QED) is 0.856. The molecule has 6 heteroatoms. The number of carbonyl (C=O) groups is 1. The van der Waals surface area contributed by atoms with Gasteiger partial charge in [-0.05, 0) is 0 Å². The molecule has 0 atom stereocenters. The van der Waals surface area contributed by atoms with E-state index in [9.17, 15) is 4.79 Å². The first kappa shape index (κ1) is 10.8. The molecule has 2 heterocycles. The molecule has 0 fully saturated rings. The van der Waals surface area contributed by atoms with Gasteiger partial charge in [-0.1, -0.05) is 0 Å². The minimum Gasteiger partial charge on any atom is -0.349 e. The third-order valence-corrected chi connectivity index (χ3v) is 2.97. The summed E-state index contributed by atoms with van der Waals surface area (Å²) in [6.07, 6.45) is 5.87. The smallest absolute Gasteiger partial charge is 0.287 e. The molecule has 5 nitrogen and oxygen atoms in total. The lowest BCUT2D eigenvalue weighted by molar-refractivity contribution is 0.0940. The Kier molecular flexibility index (Phi) is 3.31. The third kappa shape index (κ3) is 2.46. The number of rotatable bonds is 4. The van der Waals surface area contributed by atoms with Crippen molar-refractivity contribution in [1.82, 2.24) is 19.9 Å². The van der Waals surface area contributed by atoms with Crippen molar-refractivity contribution in [2.75, 3.05) is 6.54 Å². The van der Waals surface area contributed by atoms with Gasteiger partial charge in [-0.3, -0.25) is 4.79 Å². The summed E-state index contributed by atoms with van der Waals surface area (Å²) in [4.78, 5) is 19.8. The van der Waals surface area contributed by atoms with Crippen LogP contribution in [0, 0.1) is 0 Å². The first-order chi connectivity index (χ1) is 7.77. The zero-order valence-electron chi connectivity index (χ0n) is 8.88. The number of aryl methyl sites for hydroxylation is 1. The van der Waals surface area contributed by atoms with Gasteiger partial charge in [0, 0.05) is 44.0 Å². The van der Waals surface area contributed by atoms with Crippen LogP contribution in [0.15, 0.2) is 24.0 Å². The van der Waals surface area contributed by atoms with Crippen molar-refractivity contribution in [3.05, 3.63) is 34.8 Å². The van der Waals surface area contributed by atoms with E-state index in [4.69, 9.17) is 0 Å². The molecule has 0 saturated heterocycles. The van der Waals surface area contributed by atoms with Crippen LogP contribution in [0.4, 0.5) is 0 Å². The second-order valence-corrected chi connectivity index (χ2v) is 4.27. The van der Waals surface area contributed by atoms with Gasteiger partial charge in [0.25, 0.3) is 5.91 Å². The van der Waals surface area contributed by atoms with E-state index in [1.165, 1.54) is 0 Å². The molecule has 0 bridgehead atoms. The fraction of sp³-hybridized carbons (Fsp3) is 0.300. The van der Waals surface area contributed by atoms with E-state index in [-0.39, 0.29) is 5.91 Å². The van der Waals surface area contributed by atoms with E-state index >= 15 is 0 Å². The molecule has 0 aliphatic carbocycles. The van der Waals surface area contributed by atoms with Crippen LogP contribution >= 0.6 is 11.3 Å². The van der Waals surface area contributed by atoms with Crippen LogP contribution in [0.5, 0.6) is 0 Å². The fourth-order valence-electron chi connectivity index (χ4n) is 1.32. The van der Waals surface area contributed by atoms with E-state index < -0.39 is 0 Å². The van der Waals surface area contributed by atoms with E-state index in [0.29, 0.717) is 12.4 Å². The second-order valence-electron chi connectivity index (χ2n) is 3.29. The molecule has 16 heavy (non-hydrogen) atoms. The molecule has 0 saturated carbocycles. The van der Waals surface area contributed by atoms with Crippen LogP contribution < -0.4 is 5.32 Å². The second kappa shape index (κ2) is 4.89. The number of carbonyl (C=O) groups excluding carboxylic acids is 1. The Labute approximate surface area is 97.2 Å². The van der Waals surface area contributed by atoms with Gasteiger partial charge in [0.1, 0.15) is 0 Å². The molecule has 0 unspecified atom stereocenters. The van der Waals surface area contributed by atoms with E-state index in [0.717, 1.165) is 11.4 Å². The Morgan fingerprint density at radius 3 is 3.00 bits per heavy atom. The number of thiazole rings is 1. The Bertz CT molecular complexity index is 463. The Balaban J connectivity index is 1.83. The van der Waals surface area contributed by atoms with Crippen LogP contribution in [0.3, 0.4) is 0 Å². The number of nitrogens with zero attached hydrogens (tertiary/aromatic N) is 3. The number of hydrogen-bond acceptors (Lipinski definition) is 4. The number of nitrogens with one attached hydrogen (secondary N) is 1. The maximum atomic E-state index is 11.6. The Morgan fingerprint density at radius 1 is 1.50 bits per heavy atom. The first-order valence-corrected chi connectivity index (χ1v) is 5.79. The lowest BCUT2D eigenvalue weighted by atomic mass is 10.4. The summed E-state index contributed by atoms with van der Waals surface area (Å²) in [5.41, 5.74) is 0. The zero-order chi connectivity index (χ0) is 11.4. The summed E-state index contributed by atoms with van der Waals surface area (Å²) in [7, 11) is 1.79. The molecule has 0 aliphatic rings. The highest BCUT2D eigenvalue weighted by Gasteiger charge is 2.09. The topological polar surface area (TPSA) is 59.8 Å². The van der Waals surface area contributed by atoms with Gasteiger partial charge in [-0.25, -0.2) is 9.97 Å². The van der Waals surface area contributed by atoms with Crippen molar-refractivity contribution in [2.45, 2.75) is 6.42 Å². The molecule has 0 aliphatic heterocycles. The van der Waals surface area contributed by atoms with Crippen molar-refractivity contribution in [1.29, 1.82) is 0 Å². The number of amides is 1. The lowest BCUT2D eigenvalue weighted by Gasteiger charge is -2.03. The van der Waals surface area contributed by atoms with Crippen molar-refractivity contribution in [3.63, 3.8) is 0 Å². The van der Waals surface area contributed by atoms with E-state index in [2.05, 4.69) is 15.3 Å². The molecule has 2 rings (SSSR count). The summed E-state index contributed by atoms with van der Waals surface area (Å²) < 4.78 is 1.69. The van der Waals surface area contributed by atoms with Crippen LogP contribution in [0.25, 0.3) is 0 Å². The molecular weight excluding hydrogens is 224 g/mol. The Hall–Kier alpha value is -1.69. The summed E-state index contributed by atoms with van der Waals surface area (Å²) in [6, 6.07) is 0. The van der Waals surface area contributed by atoms with Crippen molar-refractivity contribution >= 4 is 17.2 Å². The highest BCUT2D eigenvalue weighted by molar-refractivity contribution is 7.09. The number of imidazole rings is 1. The molecule has 84 valence electrons.